The van der Waals surface area contributed by atoms with Crippen LogP contribution in [0.3, 0.4) is 0 Å². The first-order chi connectivity index (χ1) is 21.2. The lowest BCUT2D eigenvalue weighted by Gasteiger charge is -2.26. The van der Waals surface area contributed by atoms with Gasteiger partial charge < -0.3 is 14.2 Å². The molecule has 0 spiro atoms. The summed E-state index contributed by atoms with van der Waals surface area (Å²) < 4.78 is 17.5. The molecular weight excluding hydrogens is 627 g/mol. The minimum absolute atomic E-state index is 0.189. The monoisotopic (exact) mass is 650 g/mol. The van der Waals surface area contributed by atoms with Crippen LogP contribution in [0.5, 0.6) is 17.2 Å². The molecule has 0 saturated carbocycles. The topological polar surface area (TPSA) is 94.2 Å². The van der Waals surface area contributed by atoms with Crippen molar-refractivity contribution in [3.63, 3.8) is 0 Å². The third kappa shape index (κ3) is 7.34. The fourth-order valence-corrected chi connectivity index (χ4v) is 4.88. The van der Waals surface area contributed by atoms with E-state index in [2.05, 4.69) is 5.32 Å². The Morgan fingerprint density at radius 1 is 0.750 bits per heavy atom. The zero-order chi connectivity index (χ0) is 31.2. The highest BCUT2D eigenvalue weighted by atomic mass is 35.5. The molecule has 0 aliphatic carbocycles. The predicted octanol–water partition coefficient (Wildman–Crippen LogP) is 7.87. The van der Waals surface area contributed by atoms with Crippen LogP contribution in [-0.4, -0.2) is 24.5 Å². The van der Waals surface area contributed by atoms with Crippen LogP contribution in [0, 0.1) is 0 Å². The summed E-state index contributed by atoms with van der Waals surface area (Å²) in [5.74, 6) is -0.180. The standard InChI is InChI=1S/C33H25Cl3N2O6/c1-2-42-30-16-21(5-14-29(30)44-18-20-3-7-23(34)8-4-20)15-27-31(39)37-33(41)38(32(27)40)25-10-12-26(13-11-25)43-19-22-6-9-24(35)17-28(22)36/h3-17H,2,18-19H2,1H3,(H,37,39,41)/b27-15+. The van der Waals surface area contributed by atoms with Gasteiger partial charge in [-0.2, -0.15) is 0 Å². The van der Waals surface area contributed by atoms with Gasteiger partial charge in [0, 0.05) is 20.6 Å². The van der Waals surface area contributed by atoms with Crippen LogP contribution in [0.25, 0.3) is 6.08 Å². The summed E-state index contributed by atoms with van der Waals surface area (Å²) in [4.78, 5) is 39.8. The maximum atomic E-state index is 13.4. The van der Waals surface area contributed by atoms with E-state index in [0.717, 1.165) is 16.0 Å². The number of benzene rings is 4. The van der Waals surface area contributed by atoms with Crippen molar-refractivity contribution >= 4 is 64.4 Å². The number of nitrogens with one attached hydrogen (secondary N) is 1. The zero-order valence-electron chi connectivity index (χ0n) is 23.3. The van der Waals surface area contributed by atoms with Crippen molar-refractivity contribution < 1.29 is 28.6 Å². The van der Waals surface area contributed by atoms with Gasteiger partial charge in [0.1, 0.15) is 24.5 Å². The Morgan fingerprint density at radius 3 is 2.18 bits per heavy atom. The Bertz CT molecular complexity index is 1740. The molecule has 8 nitrogen and oxygen atoms in total. The van der Waals surface area contributed by atoms with Gasteiger partial charge in [0.05, 0.1) is 12.3 Å². The molecular formula is C33H25Cl3N2O6. The van der Waals surface area contributed by atoms with E-state index in [9.17, 15) is 14.4 Å². The summed E-state index contributed by atoms with van der Waals surface area (Å²) >= 11 is 18.1. The van der Waals surface area contributed by atoms with E-state index in [4.69, 9.17) is 49.0 Å². The fraction of sp³-hybridized carbons (Fsp3) is 0.121. The van der Waals surface area contributed by atoms with Crippen molar-refractivity contribution in [2.24, 2.45) is 0 Å². The van der Waals surface area contributed by atoms with E-state index in [-0.39, 0.29) is 24.5 Å². The number of barbiturate groups is 1. The summed E-state index contributed by atoms with van der Waals surface area (Å²) in [5, 5.41) is 3.85. The molecule has 0 aromatic heterocycles. The number of rotatable bonds is 10. The van der Waals surface area contributed by atoms with Crippen molar-refractivity contribution in [2.45, 2.75) is 20.1 Å². The zero-order valence-corrected chi connectivity index (χ0v) is 25.6. The quantitative estimate of drug-likeness (QED) is 0.139. The van der Waals surface area contributed by atoms with E-state index in [0.29, 0.717) is 44.5 Å². The Labute approximate surface area is 268 Å². The molecule has 1 aliphatic rings. The fourth-order valence-electron chi connectivity index (χ4n) is 4.29. The molecule has 224 valence electrons. The molecule has 0 atom stereocenters. The highest BCUT2D eigenvalue weighted by Gasteiger charge is 2.36. The molecule has 0 radical (unpaired) electrons. The van der Waals surface area contributed by atoms with Gasteiger partial charge in [-0.1, -0.05) is 59.1 Å². The molecule has 0 unspecified atom stereocenters. The maximum absolute atomic E-state index is 13.4. The molecule has 0 bridgehead atoms. The number of nitrogens with zero attached hydrogens (tertiary/aromatic N) is 1. The van der Waals surface area contributed by atoms with Gasteiger partial charge in [-0.25, -0.2) is 9.69 Å². The van der Waals surface area contributed by atoms with Gasteiger partial charge in [-0.15, -0.1) is 0 Å². The second-order valence-electron chi connectivity index (χ2n) is 9.53. The maximum Gasteiger partial charge on any atom is 0.335 e. The minimum Gasteiger partial charge on any atom is -0.490 e. The highest BCUT2D eigenvalue weighted by molar-refractivity contribution is 6.39. The minimum atomic E-state index is -0.861. The van der Waals surface area contributed by atoms with E-state index in [1.165, 1.54) is 6.08 Å². The number of halogens is 3. The summed E-state index contributed by atoms with van der Waals surface area (Å²) in [6.07, 6.45) is 1.40. The SMILES string of the molecule is CCOc1cc(/C=C2\C(=O)NC(=O)N(c3ccc(OCc4ccc(Cl)cc4Cl)cc3)C2=O)ccc1OCc1ccc(Cl)cc1. The lowest BCUT2D eigenvalue weighted by molar-refractivity contribution is -0.122. The van der Waals surface area contributed by atoms with Crippen molar-refractivity contribution in [2.75, 3.05) is 11.5 Å². The van der Waals surface area contributed by atoms with Crippen molar-refractivity contribution in [1.82, 2.24) is 5.32 Å². The molecule has 1 saturated heterocycles. The highest BCUT2D eigenvalue weighted by Crippen LogP contribution is 2.31. The third-order valence-electron chi connectivity index (χ3n) is 6.49. The van der Waals surface area contributed by atoms with Crippen LogP contribution in [0.2, 0.25) is 15.1 Å². The smallest absolute Gasteiger partial charge is 0.335 e. The van der Waals surface area contributed by atoms with Crippen LogP contribution >= 0.6 is 34.8 Å². The van der Waals surface area contributed by atoms with Crippen molar-refractivity contribution in [3.8, 4) is 17.2 Å². The summed E-state index contributed by atoms with van der Waals surface area (Å²) in [6, 6.07) is 22.9. The number of urea groups is 1. The summed E-state index contributed by atoms with van der Waals surface area (Å²) in [5.41, 5.74) is 2.20. The number of carbonyl (C=O) groups is 3. The van der Waals surface area contributed by atoms with Gasteiger partial charge in [0.2, 0.25) is 0 Å². The lowest BCUT2D eigenvalue weighted by Crippen LogP contribution is -2.54. The lowest BCUT2D eigenvalue weighted by atomic mass is 10.1. The van der Waals surface area contributed by atoms with Gasteiger partial charge in [0.25, 0.3) is 11.8 Å². The summed E-state index contributed by atoms with van der Waals surface area (Å²) in [6.45, 7) is 2.67. The number of anilines is 1. The molecule has 4 amide bonds. The number of ether oxygens (including phenoxy) is 3. The Hall–Kier alpha value is -4.50. The van der Waals surface area contributed by atoms with Crippen LogP contribution in [-0.2, 0) is 22.8 Å². The van der Waals surface area contributed by atoms with Gasteiger partial charge in [0.15, 0.2) is 11.5 Å². The molecule has 1 heterocycles. The van der Waals surface area contributed by atoms with Crippen LogP contribution in [0.4, 0.5) is 10.5 Å². The average Bonchev–Trinajstić information content (AvgIpc) is 3.00. The molecule has 4 aromatic rings. The second-order valence-corrected chi connectivity index (χ2v) is 10.8. The van der Waals surface area contributed by atoms with Gasteiger partial charge in [-0.3, -0.25) is 14.9 Å². The molecule has 11 heteroatoms. The van der Waals surface area contributed by atoms with Crippen molar-refractivity contribution in [1.29, 1.82) is 0 Å². The molecule has 4 aromatic carbocycles. The molecule has 44 heavy (non-hydrogen) atoms. The van der Waals surface area contributed by atoms with E-state index < -0.39 is 17.8 Å². The molecule has 5 rings (SSSR count). The Kier molecular flexibility index (Phi) is 9.75. The normalized spacial score (nSPS) is 14.0. The average molecular weight is 652 g/mol. The number of hydrogen-bond donors (Lipinski definition) is 1. The van der Waals surface area contributed by atoms with Gasteiger partial charge in [-0.05, 0) is 84.8 Å². The first-order valence-corrected chi connectivity index (χ1v) is 14.6. The number of imide groups is 2. The van der Waals surface area contributed by atoms with E-state index in [1.807, 2.05) is 19.1 Å². The predicted molar refractivity (Wildman–Crippen MR) is 170 cm³/mol. The van der Waals surface area contributed by atoms with Crippen LogP contribution in [0.1, 0.15) is 23.6 Å². The molecule has 1 aliphatic heterocycles. The van der Waals surface area contributed by atoms with E-state index >= 15 is 0 Å². The number of hydrogen-bond acceptors (Lipinski definition) is 6. The Morgan fingerprint density at radius 2 is 1.48 bits per heavy atom. The number of amides is 4. The van der Waals surface area contributed by atoms with Crippen molar-refractivity contribution in [3.05, 3.63) is 122 Å². The van der Waals surface area contributed by atoms with Gasteiger partial charge >= 0.3 is 6.03 Å². The van der Waals surface area contributed by atoms with E-state index in [1.54, 1.807) is 72.8 Å². The largest absolute Gasteiger partial charge is 0.490 e. The first kappa shape index (κ1) is 30.9. The molecule has 1 fully saturated rings. The number of carbonyl (C=O) groups excluding carboxylic acids is 3. The summed E-state index contributed by atoms with van der Waals surface area (Å²) in [7, 11) is 0. The first-order valence-electron chi connectivity index (χ1n) is 13.4. The second kappa shape index (κ2) is 13.9. The Balaban J connectivity index is 1.32. The van der Waals surface area contributed by atoms with Crippen LogP contribution in [0.15, 0.2) is 90.5 Å². The molecule has 1 N–H and O–H groups in total. The van der Waals surface area contributed by atoms with Crippen LogP contribution < -0.4 is 24.4 Å². The third-order valence-corrected chi connectivity index (χ3v) is 7.33.